The summed E-state index contributed by atoms with van der Waals surface area (Å²) in [6, 6.07) is 6.98. The van der Waals surface area contributed by atoms with Crippen LogP contribution in [0.2, 0.25) is 0 Å². The minimum absolute atomic E-state index is 0.270. The molecule has 2 rings (SSSR count). The standard InChI is InChI=1S/C15H17NO4/c1-4-12-13(15(18)20-5-2)10-8-6-7-9-11(10)14(17)16(12)19-3/h6-9H,4-5H2,1-3H3. The van der Waals surface area contributed by atoms with Crippen LogP contribution >= 0.6 is 0 Å². The quantitative estimate of drug-likeness (QED) is 0.798. The van der Waals surface area contributed by atoms with Crippen molar-refractivity contribution >= 4 is 16.7 Å². The number of pyridine rings is 1. The number of carbonyl (C=O) groups is 1. The third kappa shape index (κ3) is 2.15. The number of benzene rings is 1. The second-order valence-corrected chi connectivity index (χ2v) is 4.22. The number of aromatic nitrogens is 1. The molecule has 5 nitrogen and oxygen atoms in total. The maximum Gasteiger partial charge on any atom is 0.340 e. The van der Waals surface area contributed by atoms with Crippen LogP contribution in [0.15, 0.2) is 29.1 Å². The van der Waals surface area contributed by atoms with E-state index in [1.165, 1.54) is 7.11 Å². The van der Waals surface area contributed by atoms with Crippen LogP contribution in [0, 0.1) is 0 Å². The second-order valence-electron chi connectivity index (χ2n) is 4.22. The van der Waals surface area contributed by atoms with Crippen molar-refractivity contribution < 1.29 is 14.4 Å². The summed E-state index contributed by atoms with van der Waals surface area (Å²) in [6.07, 6.45) is 0.488. The molecule has 0 aliphatic rings. The van der Waals surface area contributed by atoms with Crippen molar-refractivity contribution in [3.05, 3.63) is 45.9 Å². The molecule has 0 radical (unpaired) electrons. The number of esters is 1. The zero-order chi connectivity index (χ0) is 14.7. The molecule has 0 amide bonds. The summed E-state index contributed by atoms with van der Waals surface area (Å²) in [5.74, 6) is -0.439. The van der Waals surface area contributed by atoms with Gasteiger partial charge in [-0.3, -0.25) is 4.79 Å². The van der Waals surface area contributed by atoms with Crippen LogP contribution in [0.4, 0.5) is 0 Å². The number of hydrogen-bond acceptors (Lipinski definition) is 4. The number of hydrogen-bond donors (Lipinski definition) is 0. The molecular weight excluding hydrogens is 258 g/mol. The molecule has 0 bridgehead atoms. The van der Waals surface area contributed by atoms with E-state index in [1.807, 2.05) is 6.92 Å². The Kier molecular flexibility index (Phi) is 4.08. The van der Waals surface area contributed by atoms with Gasteiger partial charge in [0.25, 0.3) is 5.56 Å². The molecule has 0 N–H and O–H groups in total. The van der Waals surface area contributed by atoms with Crippen LogP contribution in [-0.4, -0.2) is 24.4 Å². The number of fused-ring (bicyclic) bond motifs is 1. The average molecular weight is 275 g/mol. The van der Waals surface area contributed by atoms with E-state index in [2.05, 4.69) is 0 Å². The third-order valence-corrected chi connectivity index (χ3v) is 3.14. The highest BCUT2D eigenvalue weighted by molar-refractivity contribution is 6.05. The number of nitrogens with zero attached hydrogens (tertiary/aromatic N) is 1. The molecule has 1 aromatic carbocycles. The first kappa shape index (κ1) is 14.1. The van der Waals surface area contributed by atoms with E-state index in [4.69, 9.17) is 9.57 Å². The molecule has 20 heavy (non-hydrogen) atoms. The lowest BCUT2D eigenvalue weighted by Crippen LogP contribution is -2.31. The molecule has 0 saturated carbocycles. The lowest BCUT2D eigenvalue weighted by molar-refractivity contribution is 0.0520. The molecule has 0 saturated heterocycles. The zero-order valence-corrected chi connectivity index (χ0v) is 11.8. The molecule has 2 aromatic rings. The first-order chi connectivity index (χ1) is 9.65. The van der Waals surface area contributed by atoms with Crippen LogP contribution in [0.1, 0.15) is 29.9 Å². The van der Waals surface area contributed by atoms with Crippen molar-refractivity contribution in [1.29, 1.82) is 0 Å². The Bertz CT molecular complexity index is 703. The van der Waals surface area contributed by atoms with Crippen molar-refractivity contribution in [2.75, 3.05) is 13.7 Å². The lowest BCUT2D eigenvalue weighted by atomic mass is 10.0. The normalized spacial score (nSPS) is 10.6. The highest BCUT2D eigenvalue weighted by Crippen LogP contribution is 2.21. The van der Waals surface area contributed by atoms with Crippen molar-refractivity contribution in [2.45, 2.75) is 20.3 Å². The summed E-state index contributed by atoms with van der Waals surface area (Å²) in [5, 5.41) is 1.04. The maximum absolute atomic E-state index is 12.4. The van der Waals surface area contributed by atoms with Gasteiger partial charge in [-0.1, -0.05) is 25.1 Å². The van der Waals surface area contributed by atoms with Crippen molar-refractivity contribution in [2.24, 2.45) is 0 Å². The van der Waals surface area contributed by atoms with Crippen LogP contribution in [0.25, 0.3) is 10.8 Å². The maximum atomic E-state index is 12.4. The molecule has 0 spiro atoms. The van der Waals surface area contributed by atoms with Gasteiger partial charge in [-0.15, -0.1) is 4.73 Å². The van der Waals surface area contributed by atoms with Crippen molar-refractivity contribution in [3.63, 3.8) is 0 Å². The van der Waals surface area contributed by atoms with Crippen LogP contribution in [0.3, 0.4) is 0 Å². The van der Waals surface area contributed by atoms with Gasteiger partial charge in [0.1, 0.15) is 7.11 Å². The predicted octanol–water partition coefficient (Wildman–Crippen LogP) is 1.80. The Morgan fingerprint density at radius 3 is 2.40 bits per heavy atom. The van der Waals surface area contributed by atoms with Gasteiger partial charge in [-0.25, -0.2) is 4.79 Å². The van der Waals surface area contributed by atoms with Crippen molar-refractivity contribution in [1.82, 2.24) is 4.73 Å². The van der Waals surface area contributed by atoms with Gasteiger partial charge >= 0.3 is 5.97 Å². The molecule has 1 heterocycles. The van der Waals surface area contributed by atoms with Crippen LogP contribution < -0.4 is 10.4 Å². The fourth-order valence-electron chi connectivity index (χ4n) is 2.32. The average Bonchev–Trinajstić information content (AvgIpc) is 2.47. The Morgan fingerprint density at radius 2 is 1.85 bits per heavy atom. The second kappa shape index (κ2) is 5.77. The highest BCUT2D eigenvalue weighted by Gasteiger charge is 2.22. The molecule has 0 unspecified atom stereocenters. The largest absolute Gasteiger partial charge is 0.462 e. The molecule has 0 fully saturated rings. The predicted molar refractivity (Wildman–Crippen MR) is 76.0 cm³/mol. The van der Waals surface area contributed by atoms with E-state index >= 15 is 0 Å². The minimum atomic E-state index is -0.439. The SMILES string of the molecule is CCOC(=O)c1c(CC)n(OC)c(=O)c2ccccc12. The molecule has 5 heteroatoms. The first-order valence-corrected chi connectivity index (χ1v) is 6.53. The number of rotatable bonds is 4. The minimum Gasteiger partial charge on any atom is -0.462 e. The topological polar surface area (TPSA) is 57.5 Å². The van der Waals surface area contributed by atoms with Crippen molar-refractivity contribution in [3.8, 4) is 0 Å². The number of ether oxygens (including phenoxy) is 1. The van der Waals surface area contributed by atoms with E-state index in [0.717, 1.165) is 4.73 Å². The Balaban J connectivity index is 2.91. The summed E-state index contributed by atoms with van der Waals surface area (Å²) in [5.41, 5.74) is 0.647. The fraction of sp³-hybridized carbons (Fsp3) is 0.333. The van der Waals surface area contributed by atoms with Gasteiger partial charge in [0, 0.05) is 5.39 Å². The zero-order valence-electron chi connectivity index (χ0n) is 11.8. The van der Waals surface area contributed by atoms with Gasteiger partial charge in [0.2, 0.25) is 0 Å². The third-order valence-electron chi connectivity index (χ3n) is 3.14. The van der Waals surface area contributed by atoms with Gasteiger partial charge in [0.05, 0.1) is 23.3 Å². The molecule has 106 valence electrons. The van der Waals surface area contributed by atoms with Gasteiger partial charge < -0.3 is 9.57 Å². The smallest absolute Gasteiger partial charge is 0.340 e. The van der Waals surface area contributed by atoms with E-state index in [9.17, 15) is 9.59 Å². The summed E-state index contributed by atoms with van der Waals surface area (Å²) < 4.78 is 6.27. The first-order valence-electron chi connectivity index (χ1n) is 6.53. The summed E-state index contributed by atoms with van der Waals surface area (Å²) >= 11 is 0. The summed E-state index contributed by atoms with van der Waals surface area (Å²) in [7, 11) is 1.41. The summed E-state index contributed by atoms with van der Waals surface area (Å²) in [4.78, 5) is 29.7. The van der Waals surface area contributed by atoms with E-state index in [-0.39, 0.29) is 12.2 Å². The van der Waals surface area contributed by atoms with E-state index in [1.54, 1.807) is 31.2 Å². The van der Waals surface area contributed by atoms with Gasteiger partial charge in [-0.05, 0) is 19.4 Å². The Morgan fingerprint density at radius 1 is 1.20 bits per heavy atom. The Hall–Kier alpha value is -2.30. The van der Waals surface area contributed by atoms with Crippen LogP contribution in [0.5, 0.6) is 0 Å². The van der Waals surface area contributed by atoms with Gasteiger partial charge in [-0.2, -0.15) is 0 Å². The van der Waals surface area contributed by atoms with Gasteiger partial charge in [0.15, 0.2) is 0 Å². The molecule has 1 aromatic heterocycles. The molecule has 0 aliphatic heterocycles. The highest BCUT2D eigenvalue weighted by atomic mass is 16.6. The lowest BCUT2D eigenvalue weighted by Gasteiger charge is -2.16. The van der Waals surface area contributed by atoms with E-state index < -0.39 is 5.97 Å². The molecule has 0 aliphatic carbocycles. The Labute approximate surface area is 116 Å². The molecule has 0 atom stereocenters. The fourth-order valence-corrected chi connectivity index (χ4v) is 2.32. The molecular formula is C15H17NO4. The monoisotopic (exact) mass is 275 g/mol. The van der Waals surface area contributed by atoms with Crippen LogP contribution in [-0.2, 0) is 11.2 Å². The summed E-state index contributed by atoms with van der Waals surface area (Å²) in [6.45, 7) is 3.89. The van der Waals surface area contributed by atoms with E-state index in [0.29, 0.717) is 28.5 Å². The number of carbonyl (C=O) groups excluding carboxylic acids is 1.